The average Bonchev–Trinajstić information content (AvgIpc) is 3.40. The van der Waals surface area contributed by atoms with Gasteiger partial charge in [-0.1, -0.05) is 35.9 Å². The lowest BCUT2D eigenvalue weighted by molar-refractivity contribution is 0.0876. The molecule has 3 aromatic carbocycles. The van der Waals surface area contributed by atoms with Crippen LogP contribution in [0, 0.1) is 13.8 Å². The summed E-state index contributed by atoms with van der Waals surface area (Å²) >= 11 is 0. The number of ketones is 1. The molecule has 0 N–H and O–H groups in total. The molecule has 0 aromatic heterocycles. The zero-order valence-electron chi connectivity index (χ0n) is 18.5. The van der Waals surface area contributed by atoms with Gasteiger partial charge in [0.1, 0.15) is 18.2 Å². The fourth-order valence-electron chi connectivity index (χ4n) is 4.51. The van der Waals surface area contributed by atoms with E-state index in [1.165, 1.54) is 5.56 Å². The molecule has 3 heterocycles. The molecular formula is C27H23NO5. The third-order valence-electron chi connectivity index (χ3n) is 6.22. The van der Waals surface area contributed by atoms with Crippen molar-refractivity contribution in [1.29, 1.82) is 0 Å². The maximum absolute atomic E-state index is 13.1. The lowest BCUT2D eigenvalue weighted by atomic mass is 9.99. The van der Waals surface area contributed by atoms with Gasteiger partial charge in [0, 0.05) is 24.2 Å². The molecular weight excluding hydrogens is 418 g/mol. The van der Waals surface area contributed by atoms with E-state index in [4.69, 9.17) is 18.9 Å². The Labute approximate surface area is 191 Å². The molecule has 166 valence electrons. The van der Waals surface area contributed by atoms with Crippen molar-refractivity contribution in [3.63, 3.8) is 0 Å². The maximum Gasteiger partial charge on any atom is 0.231 e. The third kappa shape index (κ3) is 3.52. The minimum absolute atomic E-state index is 0.0932. The summed E-state index contributed by atoms with van der Waals surface area (Å²) < 4.78 is 23.0. The Hall–Kier alpha value is -3.77. The number of ether oxygens (including phenoxy) is 4. The van der Waals surface area contributed by atoms with Gasteiger partial charge in [-0.05, 0) is 49.2 Å². The van der Waals surface area contributed by atoms with Crippen LogP contribution in [0.1, 0.15) is 38.2 Å². The second kappa shape index (κ2) is 7.67. The van der Waals surface area contributed by atoms with Crippen molar-refractivity contribution in [1.82, 2.24) is 4.90 Å². The lowest BCUT2D eigenvalue weighted by Crippen LogP contribution is -2.32. The summed E-state index contributed by atoms with van der Waals surface area (Å²) in [5.41, 5.74) is 5.68. The highest BCUT2D eigenvalue weighted by atomic mass is 16.7. The number of carbonyl (C=O) groups is 1. The van der Waals surface area contributed by atoms with Crippen LogP contribution < -0.4 is 18.9 Å². The molecule has 0 fully saturated rings. The quantitative estimate of drug-likeness (QED) is 0.533. The van der Waals surface area contributed by atoms with Gasteiger partial charge in [-0.25, -0.2) is 0 Å². The van der Waals surface area contributed by atoms with Gasteiger partial charge in [-0.3, -0.25) is 9.69 Å². The van der Waals surface area contributed by atoms with Gasteiger partial charge < -0.3 is 18.9 Å². The molecule has 0 bridgehead atoms. The van der Waals surface area contributed by atoms with Crippen LogP contribution in [0.4, 0.5) is 0 Å². The molecule has 0 amide bonds. The number of fused-ring (bicyclic) bond motifs is 3. The molecule has 0 aliphatic carbocycles. The van der Waals surface area contributed by atoms with E-state index in [1.54, 1.807) is 6.08 Å². The fraction of sp³-hybridized carbons (Fsp3) is 0.222. The van der Waals surface area contributed by atoms with Gasteiger partial charge in [0.2, 0.25) is 12.6 Å². The molecule has 0 saturated heterocycles. The minimum atomic E-state index is -0.0932. The largest absolute Gasteiger partial charge is 0.477 e. The van der Waals surface area contributed by atoms with Crippen molar-refractivity contribution in [2.45, 2.75) is 26.9 Å². The SMILES string of the molecule is Cc1ccc(/C=C2\Oc3c(cc4c(c3C)OCN(Cc3ccc5c(c3)OCO5)C4)C2=O)cc1. The summed E-state index contributed by atoms with van der Waals surface area (Å²) in [6, 6.07) is 15.9. The monoisotopic (exact) mass is 441 g/mol. The van der Waals surface area contributed by atoms with Crippen LogP contribution in [0.5, 0.6) is 23.0 Å². The standard InChI is InChI=1S/C27H23NO5/c1-16-3-5-18(6-4-16)9-24-25(29)21-11-20-13-28(14-30-26(20)17(2)27(21)33-24)12-19-7-8-22-23(10-19)32-15-31-22/h3-11H,12-15H2,1-2H3/b24-9-. The number of carbonyl (C=O) groups excluding carboxylic acids is 1. The van der Waals surface area contributed by atoms with Crippen LogP contribution in [-0.4, -0.2) is 24.2 Å². The van der Waals surface area contributed by atoms with Crippen molar-refractivity contribution in [2.24, 2.45) is 0 Å². The van der Waals surface area contributed by atoms with Crippen LogP contribution in [0.2, 0.25) is 0 Å². The molecule has 6 nitrogen and oxygen atoms in total. The van der Waals surface area contributed by atoms with E-state index < -0.39 is 0 Å². The Kier molecular flexibility index (Phi) is 4.62. The second-order valence-electron chi connectivity index (χ2n) is 8.67. The van der Waals surface area contributed by atoms with Gasteiger partial charge in [-0.15, -0.1) is 0 Å². The molecule has 0 spiro atoms. The Morgan fingerprint density at radius 2 is 1.76 bits per heavy atom. The first kappa shape index (κ1) is 19.9. The first-order valence-electron chi connectivity index (χ1n) is 11.0. The topological polar surface area (TPSA) is 57.2 Å². The fourth-order valence-corrected chi connectivity index (χ4v) is 4.51. The number of benzene rings is 3. The van der Waals surface area contributed by atoms with E-state index >= 15 is 0 Å². The normalized spacial score (nSPS) is 17.5. The van der Waals surface area contributed by atoms with Crippen molar-refractivity contribution in [2.75, 3.05) is 13.5 Å². The lowest BCUT2D eigenvalue weighted by Gasteiger charge is -2.30. The van der Waals surface area contributed by atoms with Gasteiger partial charge in [0.25, 0.3) is 0 Å². The molecule has 3 aliphatic rings. The van der Waals surface area contributed by atoms with E-state index in [-0.39, 0.29) is 12.6 Å². The summed E-state index contributed by atoms with van der Waals surface area (Å²) in [7, 11) is 0. The number of hydrogen-bond donors (Lipinski definition) is 0. The highest BCUT2D eigenvalue weighted by Crippen LogP contribution is 2.43. The number of hydrogen-bond acceptors (Lipinski definition) is 6. The molecule has 3 aromatic rings. The van der Waals surface area contributed by atoms with Crippen molar-refractivity contribution in [3.05, 3.63) is 87.7 Å². The summed E-state index contributed by atoms with van der Waals surface area (Å²) in [6.07, 6.45) is 1.80. The van der Waals surface area contributed by atoms with Gasteiger partial charge in [0.15, 0.2) is 17.3 Å². The number of nitrogens with zero attached hydrogens (tertiary/aromatic N) is 1. The Morgan fingerprint density at radius 1 is 0.939 bits per heavy atom. The molecule has 0 radical (unpaired) electrons. The van der Waals surface area contributed by atoms with Gasteiger partial charge in [-0.2, -0.15) is 0 Å². The summed E-state index contributed by atoms with van der Waals surface area (Å²) in [5, 5.41) is 0. The molecule has 3 aliphatic heterocycles. The van der Waals surface area contributed by atoms with Crippen LogP contribution in [0.3, 0.4) is 0 Å². The van der Waals surface area contributed by atoms with E-state index in [2.05, 4.69) is 4.90 Å². The molecule has 33 heavy (non-hydrogen) atoms. The Balaban J connectivity index is 1.25. The molecule has 0 saturated carbocycles. The highest BCUT2D eigenvalue weighted by Gasteiger charge is 2.33. The van der Waals surface area contributed by atoms with Crippen LogP contribution >= 0.6 is 0 Å². The zero-order chi connectivity index (χ0) is 22.5. The summed E-state index contributed by atoms with van der Waals surface area (Å²) in [5.74, 6) is 3.20. The molecule has 6 heteroatoms. The summed E-state index contributed by atoms with van der Waals surface area (Å²) in [6.45, 7) is 6.10. The van der Waals surface area contributed by atoms with E-state index in [0.717, 1.165) is 39.5 Å². The average molecular weight is 441 g/mol. The maximum atomic E-state index is 13.1. The number of rotatable bonds is 3. The molecule has 0 atom stereocenters. The van der Waals surface area contributed by atoms with Crippen LogP contribution in [0.25, 0.3) is 6.08 Å². The predicted molar refractivity (Wildman–Crippen MR) is 123 cm³/mol. The van der Waals surface area contributed by atoms with Crippen LogP contribution in [0.15, 0.2) is 54.3 Å². The predicted octanol–water partition coefficient (Wildman–Crippen LogP) is 5.00. The number of allylic oxidation sites excluding steroid dienone is 1. The zero-order valence-corrected chi connectivity index (χ0v) is 18.5. The minimum Gasteiger partial charge on any atom is -0.477 e. The molecule has 6 rings (SSSR count). The molecule has 0 unspecified atom stereocenters. The van der Waals surface area contributed by atoms with Crippen molar-refractivity contribution >= 4 is 11.9 Å². The number of Topliss-reactive ketones (excluding diaryl/α,β-unsaturated/α-hetero) is 1. The Bertz CT molecular complexity index is 1310. The van der Waals surface area contributed by atoms with Gasteiger partial charge in [0.05, 0.1) is 5.56 Å². The summed E-state index contributed by atoms with van der Waals surface area (Å²) in [4.78, 5) is 15.3. The first-order chi connectivity index (χ1) is 16.0. The van der Waals surface area contributed by atoms with E-state index in [1.807, 2.05) is 62.4 Å². The highest BCUT2D eigenvalue weighted by molar-refractivity contribution is 6.15. The first-order valence-corrected chi connectivity index (χ1v) is 11.0. The van der Waals surface area contributed by atoms with Crippen molar-refractivity contribution < 1.29 is 23.7 Å². The third-order valence-corrected chi connectivity index (χ3v) is 6.22. The van der Waals surface area contributed by atoms with Crippen LogP contribution in [-0.2, 0) is 13.1 Å². The second-order valence-corrected chi connectivity index (χ2v) is 8.67. The smallest absolute Gasteiger partial charge is 0.231 e. The van der Waals surface area contributed by atoms with E-state index in [0.29, 0.717) is 36.9 Å². The van der Waals surface area contributed by atoms with Crippen molar-refractivity contribution in [3.8, 4) is 23.0 Å². The Morgan fingerprint density at radius 3 is 2.61 bits per heavy atom. The van der Waals surface area contributed by atoms with Gasteiger partial charge >= 0.3 is 0 Å². The number of aryl methyl sites for hydroxylation is 1. The van der Waals surface area contributed by atoms with E-state index in [9.17, 15) is 4.79 Å².